The van der Waals surface area contributed by atoms with Gasteiger partial charge in [0.1, 0.15) is 11.5 Å². The maximum Gasteiger partial charge on any atom is 0.130 e. The summed E-state index contributed by atoms with van der Waals surface area (Å²) in [5.74, 6) is 1.67. The van der Waals surface area contributed by atoms with Crippen molar-refractivity contribution in [2.24, 2.45) is 0 Å². The summed E-state index contributed by atoms with van der Waals surface area (Å²) >= 11 is 0. The molecular formula is C23H19O2P. The van der Waals surface area contributed by atoms with Crippen LogP contribution in [0, 0.1) is 0 Å². The fourth-order valence-corrected chi connectivity index (χ4v) is 3.70. The molecule has 0 spiro atoms. The van der Waals surface area contributed by atoms with Crippen LogP contribution in [0.1, 0.15) is 11.1 Å². The Labute approximate surface area is 155 Å². The van der Waals surface area contributed by atoms with Gasteiger partial charge in [-0.1, -0.05) is 67.2 Å². The van der Waals surface area contributed by atoms with Gasteiger partial charge in [0, 0.05) is 17.5 Å². The van der Waals surface area contributed by atoms with Crippen LogP contribution in [0.15, 0.2) is 85.6 Å². The molecule has 0 fully saturated rings. The first-order chi connectivity index (χ1) is 12.8. The molecular weight excluding hydrogens is 339 g/mol. The molecule has 0 aliphatic rings. The van der Waals surface area contributed by atoms with E-state index in [2.05, 4.69) is 76.7 Å². The lowest BCUT2D eigenvalue weighted by molar-refractivity contribution is 0.479. The zero-order valence-corrected chi connectivity index (χ0v) is 15.5. The molecule has 0 aliphatic heterocycles. The summed E-state index contributed by atoms with van der Waals surface area (Å²) in [5.41, 5.74) is 2.27. The summed E-state index contributed by atoms with van der Waals surface area (Å²) in [6.45, 7) is 3.72. The predicted molar refractivity (Wildman–Crippen MR) is 112 cm³/mol. The van der Waals surface area contributed by atoms with E-state index >= 15 is 0 Å². The lowest BCUT2D eigenvalue weighted by atomic mass is 9.93. The normalized spacial score (nSPS) is 10.8. The largest absolute Gasteiger partial charge is 0.480 e. The number of hydrogen-bond acceptors (Lipinski definition) is 2. The maximum atomic E-state index is 5.72. The smallest absolute Gasteiger partial charge is 0.130 e. The highest BCUT2D eigenvalue weighted by Crippen LogP contribution is 2.36. The zero-order valence-electron chi connectivity index (χ0n) is 14.3. The first-order valence-corrected chi connectivity index (χ1v) is 8.94. The van der Waals surface area contributed by atoms with Gasteiger partial charge >= 0.3 is 0 Å². The molecule has 4 rings (SSSR count). The Hall–Kier alpha value is -2.83. The van der Waals surface area contributed by atoms with Crippen molar-refractivity contribution in [3.05, 3.63) is 96.8 Å². The third kappa shape index (κ3) is 2.94. The number of rotatable bonds is 5. The van der Waals surface area contributed by atoms with Crippen molar-refractivity contribution in [1.29, 1.82) is 0 Å². The second-order valence-electron chi connectivity index (χ2n) is 6.11. The Morgan fingerprint density at radius 2 is 1.27 bits per heavy atom. The van der Waals surface area contributed by atoms with E-state index in [9.17, 15) is 0 Å². The standard InChI is InChI=1S/C23H19O2P/c1-2-24-22-13-11-16-7-3-5-9-18(16)20(22)15-21-19-10-6-4-8-17(19)12-14-23(21)25-26/h2-14H,1,15,26H2. The summed E-state index contributed by atoms with van der Waals surface area (Å²) < 4.78 is 11.3. The molecule has 0 radical (unpaired) electrons. The average molecular weight is 358 g/mol. The number of fused-ring (bicyclic) bond motifs is 2. The van der Waals surface area contributed by atoms with Gasteiger partial charge in [0.2, 0.25) is 0 Å². The highest BCUT2D eigenvalue weighted by molar-refractivity contribution is 7.10. The minimum Gasteiger partial charge on any atom is -0.480 e. The van der Waals surface area contributed by atoms with Crippen LogP contribution in [0.25, 0.3) is 21.5 Å². The average Bonchev–Trinajstić information content (AvgIpc) is 2.70. The van der Waals surface area contributed by atoms with Crippen LogP contribution < -0.4 is 9.26 Å². The molecule has 0 N–H and O–H groups in total. The zero-order chi connectivity index (χ0) is 17.9. The van der Waals surface area contributed by atoms with Crippen molar-refractivity contribution in [2.45, 2.75) is 6.42 Å². The molecule has 4 aromatic carbocycles. The van der Waals surface area contributed by atoms with Gasteiger partial charge in [-0.25, -0.2) is 0 Å². The van der Waals surface area contributed by atoms with E-state index in [0.717, 1.165) is 22.6 Å². The molecule has 128 valence electrons. The molecule has 1 unspecified atom stereocenters. The minimum atomic E-state index is 0.704. The topological polar surface area (TPSA) is 18.5 Å². The summed E-state index contributed by atoms with van der Waals surface area (Å²) in [7, 11) is 2.36. The third-order valence-corrected chi connectivity index (χ3v) is 4.94. The highest BCUT2D eigenvalue weighted by Gasteiger charge is 2.15. The van der Waals surface area contributed by atoms with Crippen LogP contribution in [0.2, 0.25) is 0 Å². The van der Waals surface area contributed by atoms with Gasteiger partial charge in [0.15, 0.2) is 0 Å². The van der Waals surface area contributed by atoms with E-state index in [-0.39, 0.29) is 0 Å². The third-order valence-electron chi connectivity index (χ3n) is 4.69. The van der Waals surface area contributed by atoms with E-state index in [1.165, 1.54) is 27.8 Å². The molecule has 0 aromatic heterocycles. The summed E-state index contributed by atoms with van der Waals surface area (Å²) in [4.78, 5) is 0. The summed E-state index contributed by atoms with van der Waals surface area (Å²) in [5, 5.41) is 4.74. The molecule has 2 nitrogen and oxygen atoms in total. The van der Waals surface area contributed by atoms with Crippen LogP contribution in [-0.4, -0.2) is 0 Å². The molecule has 3 heteroatoms. The SMILES string of the molecule is C=COc1ccc2ccccc2c1Cc1c(OP)ccc2ccccc12. The highest BCUT2D eigenvalue weighted by atomic mass is 31.0. The fraction of sp³-hybridized carbons (Fsp3) is 0.0435. The van der Waals surface area contributed by atoms with Crippen molar-refractivity contribution < 1.29 is 9.26 Å². The fourth-order valence-electron chi connectivity index (χ4n) is 3.48. The van der Waals surface area contributed by atoms with Gasteiger partial charge in [-0.2, -0.15) is 0 Å². The van der Waals surface area contributed by atoms with Crippen LogP contribution in [-0.2, 0) is 6.42 Å². The second-order valence-corrected chi connectivity index (χ2v) is 6.34. The van der Waals surface area contributed by atoms with Crippen molar-refractivity contribution in [3.63, 3.8) is 0 Å². The van der Waals surface area contributed by atoms with Gasteiger partial charge < -0.3 is 9.26 Å². The van der Waals surface area contributed by atoms with Crippen molar-refractivity contribution in [1.82, 2.24) is 0 Å². The molecule has 0 amide bonds. The number of benzene rings is 4. The predicted octanol–water partition coefficient (Wildman–Crippen LogP) is 6.28. The molecule has 26 heavy (non-hydrogen) atoms. The Kier molecular flexibility index (Phi) is 4.60. The van der Waals surface area contributed by atoms with E-state index in [0.29, 0.717) is 6.42 Å². The van der Waals surface area contributed by atoms with Gasteiger partial charge in [-0.15, -0.1) is 0 Å². The van der Waals surface area contributed by atoms with E-state index in [4.69, 9.17) is 9.26 Å². The summed E-state index contributed by atoms with van der Waals surface area (Å²) in [6.07, 6.45) is 2.18. The van der Waals surface area contributed by atoms with Gasteiger partial charge in [0.25, 0.3) is 0 Å². The van der Waals surface area contributed by atoms with Crippen molar-refractivity contribution >= 4 is 31.0 Å². The minimum absolute atomic E-state index is 0.704. The molecule has 0 saturated heterocycles. The van der Waals surface area contributed by atoms with Crippen molar-refractivity contribution in [3.8, 4) is 11.5 Å². The Balaban J connectivity index is 1.96. The Morgan fingerprint density at radius 3 is 1.85 bits per heavy atom. The maximum absolute atomic E-state index is 5.72. The lowest BCUT2D eigenvalue weighted by Gasteiger charge is -2.16. The van der Waals surface area contributed by atoms with Crippen molar-refractivity contribution in [2.75, 3.05) is 0 Å². The van der Waals surface area contributed by atoms with Crippen LogP contribution in [0.3, 0.4) is 0 Å². The van der Waals surface area contributed by atoms with E-state index in [1.807, 2.05) is 12.1 Å². The first kappa shape index (κ1) is 16.6. The summed E-state index contributed by atoms with van der Waals surface area (Å²) in [6, 6.07) is 24.9. The number of ether oxygens (including phenoxy) is 1. The second kappa shape index (κ2) is 7.19. The van der Waals surface area contributed by atoms with E-state index in [1.54, 1.807) is 0 Å². The van der Waals surface area contributed by atoms with Crippen LogP contribution >= 0.6 is 9.47 Å². The first-order valence-electron chi connectivity index (χ1n) is 8.47. The van der Waals surface area contributed by atoms with Gasteiger partial charge in [-0.3, -0.25) is 0 Å². The molecule has 1 atom stereocenters. The molecule has 0 aliphatic carbocycles. The quantitative estimate of drug-likeness (QED) is 0.309. The van der Waals surface area contributed by atoms with Crippen LogP contribution in [0.4, 0.5) is 0 Å². The molecule has 0 bridgehead atoms. The van der Waals surface area contributed by atoms with Crippen LogP contribution in [0.5, 0.6) is 11.5 Å². The number of hydrogen-bond donors (Lipinski definition) is 0. The Bertz CT molecular complexity index is 1100. The molecule has 0 saturated carbocycles. The molecule has 0 heterocycles. The Morgan fingerprint density at radius 1 is 0.731 bits per heavy atom. The van der Waals surface area contributed by atoms with E-state index < -0.39 is 0 Å². The molecule has 4 aromatic rings. The van der Waals surface area contributed by atoms with Gasteiger partial charge in [-0.05, 0) is 33.7 Å². The lowest BCUT2D eigenvalue weighted by Crippen LogP contribution is -1.97. The van der Waals surface area contributed by atoms with Gasteiger partial charge in [0.05, 0.1) is 15.7 Å². The monoisotopic (exact) mass is 358 g/mol.